The fourth-order valence-corrected chi connectivity index (χ4v) is 3.25. The van der Waals surface area contributed by atoms with Gasteiger partial charge in [-0.15, -0.1) is 0 Å². The molecule has 1 aromatic heterocycles. The minimum atomic E-state index is -2.92. The van der Waals surface area contributed by atoms with Crippen molar-refractivity contribution in [2.45, 2.75) is 12.8 Å². The lowest BCUT2D eigenvalue weighted by atomic mass is 10.0. The molecule has 0 bridgehead atoms. The zero-order chi connectivity index (χ0) is 16.3. The maximum atomic E-state index is 11.2. The molecule has 0 radical (unpaired) electrons. The Morgan fingerprint density at radius 3 is 2.35 bits per heavy atom. The Morgan fingerprint density at radius 1 is 0.913 bits per heavy atom. The highest BCUT2D eigenvalue weighted by atomic mass is 32.2. The molecule has 118 valence electrons. The lowest BCUT2D eigenvalue weighted by Crippen LogP contribution is -2.05. The third-order valence-corrected chi connectivity index (χ3v) is 4.86. The van der Waals surface area contributed by atoms with Crippen molar-refractivity contribution in [2.24, 2.45) is 0 Å². The molecule has 3 rings (SSSR count). The summed E-state index contributed by atoms with van der Waals surface area (Å²) in [4.78, 5) is 4.51. The van der Waals surface area contributed by atoms with E-state index in [0.717, 1.165) is 17.7 Å². The van der Waals surface area contributed by atoms with Crippen LogP contribution in [0.5, 0.6) is 0 Å². The van der Waals surface area contributed by atoms with Crippen LogP contribution in [0.25, 0.3) is 10.8 Å². The van der Waals surface area contributed by atoms with Crippen LogP contribution in [0.1, 0.15) is 16.8 Å². The second-order valence-corrected chi connectivity index (χ2v) is 8.11. The van der Waals surface area contributed by atoms with E-state index in [2.05, 4.69) is 29.2 Å². The summed E-state index contributed by atoms with van der Waals surface area (Å²) in [6, 6.07) is 18.4. The first kappa shape index (κ1) is 15.7. The molecule has 0 atom stereocenters. The largest absolute Gasteiger partial charge is 0.260 e. The van der Waals surface area contributed by atoms with Gasteiger partial charge in [0.15, 0.2) is 0 Å². The van der Waals surface area contributed by atoms with E-state index < -0.39 is 9.84 Å². The summed E-state index contributed by atoms with van der Waals surface area (Å²) in [5, 5.41) is 2.37. The van der Waals surface area contributed by atoms with E-state index in [0.29, 0.717) is 6.42 Å². The van der Waals surface area contributed by atoms with E-state index in [9.17, 15) is 8.42 Å². The lowest BCUT2D eigenvalue weighted by Gasteiger charge is -2.07. The molecule has 0 saturated carbocycles. The average molecular weight is 325 g/mol. The van der Waals surface area contributed by atoms with Crippen LogP contribution in [0, 0.1) is 0 Å². The highest BCUT2D eigenvalue weighted by Gasteiger charge is 2.05. The maximum absolute atomic E-state index is 11.2. The number of pyridine rings is 1. The van der Waals surface area contributed by atoms with E-state index in [-0.39, 0.29) is 5.75 Å². The van der Waals surface area contributed by atoms with E-state index in [4.69, 9.17) is 0 Å². The standard InChI is InChI=1S/C19H19NO2S/c1-23(21,22)13-11-15-6-8-16(9-7-15)14-19-18-5-3-2-4-17(18)10-12-20-19/h2-10,12H,11,13-14H2,1H3. The van der Waals surface area contributed by atoms with Crippen LogP contribution >= 0.6 is 0 Å². The number of fused-ring (bicyclic) bond motifs is 1. The molecule has 1 heterocycles. The minimum absolute atomic E-state index is 0.192. The number of hydrogen-bond acceptors (Lipinski definition) is 3. The molecule has 0 aliphatic carbocycles. The van der Waals surface area contributed by atoms with Gasteiger partial charge in [-0.1, -0.05) is 48.5 Å². The molecule has 0 N–H and O–H groups in total. The van der Waals surface area contributed by atoms with E-state index in [1.165, 1.54) is 22.6 Å². The van der Waals surface area contributed by atoms with Crippen molar-refractivity contribution in [1.29, 1.82) is 0 Å². The Bertz CT molecular complexity index is 910. The number of hydrogen-bond donors (Lipinski definition) is 0. The molecule has 0 aliphatic rings. The molecule has 3 nitrogen and oxygen atoms in total. The highest BCUT2D eigenvalue weighted by molar-refractivity contribution is 7.90. The summed E-state index contributed by atoms with van der Waals surface area (Å²) in [5.41, 5.74) is 3.29. The van der Waals surface area contributed by atoms with Gasteiger partial charge in [0.1, 0.15) is 9.84 Å². The van der Waals surface area contributed by atoms with Gasteiger partial charge in [-0.3, -0.25) is 4.98 Å². The molecule has 4 heteroatoms. The van der Waals surface area contributed by atoms with Gasteiger partial charge in [-0.2, -0.15) is 0 Å². The Morgan fingerprint density at radius 2 is 1.61 bits per heavy atom. The quantitative estimate of drug-likeness (QED) is 0.722. The third kappa shape index (κ3) is 4.17. The first-order valence-corrected chi connectivity index (χ1v) is 9.65. The Balaban J connectivity index is 1.77. The van der Waals surface area contributed by atoms with Crippen LogP contribution in [0.2, 0.25) is 0 Å². The van der Waals surface area contributed by atoms with Gasteiger partial charge >= 0.3 is 0 Å². The van der Waals surface area contributed by atoms with Crippen molar-refractivity contribution in [3.05, 3.63) is 77.6 Å². The molecular weight excluding hydrogens is 306 g/mol. The van der Waals surface area contributed by atoms with Crippen molar-refractivity contribution < 1.29 is 8.42 Å². The van der Waals surface area contributed by atoms with Crippen LogP contribution < -0.4 is 0 Å². The van der Waals surface area contributed by atoms with Crippen molar-refractivity contribution in [1.82, 2.24) is 4.98 Å². The number of sulfone groups is 1. The molecule has 3 aromatic rings. The fourth-order valence-electron chi connectivity index (χ4n) is 2.64. The summed E-state index contributed by atoms with van der Waals surface area (Å²) < 4.78 is 22.5. The first-order valence-electron chi connectivity index (χ1n) is 7.59. The number of rotatable bonds is 5. The second kappa shape index (κ2) is 6.50. The molecule has 0 spiro atoms. The summed E-state index contributed by atoms with van der Waals surface area (Å²) >= 11 is 0. The van der Waals surface area contributed by atoms with Crippen LogP contribution in [-0.4, -0.2) is 25.4 Å². The van der Waals surface area contributed by atoms with Crippen LogP contribution in [0.3, 0.4) is 0 Å². The van der Waals surface area contributed by atoms with E-state index >= 15 is 0 Å². The summed E-state index contributed by atoms with van der Waals surface area (Å²) in [7, 11) is -2.92. The zero-order valence-electron chi connectivity index (χ0n) is 13.1. The van der Waals surface area contributed by atoms with Gasteiger partial charge in [0.25, 0.3) is 0 Å². The van der Waals surface area contributed by atoms with Gasteiger partial charge in [-0.05, 0) is 29.0 Å². The normalized spacial score (nSPS) is 11.7. The number of aromatic nitrogens is 1. The number of aryl methyl sites for hydroxylation is 1. The molecular formula is C19H19NO2S. The molecule has 0 fully saturated rings. The Labute approximate surface area is 136 Å². The van der Waals surface area contributed by atoms with E-state index in [1.807, 2.05) is 36.5 Å². The second-order valence-electron chi connectivity index (χ2n) is 5.85. The van der Waals surface area contributed by atoms with Gasteiger partial charge in [-0.25, -0.2) is 8.42 Å². The van der Waals surface area contributed by atoms with Crippen LogP contribution in [0.15, 0.2) is 60.8 Å². The molecule has 2 aromatic carbocycles. The minimum Gasteiger partial charge on any atom is -0.260 e. The topological polar surface area (TPSA) is 47.0 Å². The van der Waals surface area contributed by atoms with Crippen LogP contribution in [-0.2, 0) is 22.7 Å². The SMILES string of the molecule is CS(=O)(=O)CCc1ccc(Cc2nccc3ccccc23)cc1. The Hall–Kier alpha value is -2.20. The van der Waals surface area contributed by atoms with Crippen molar-refractivity contribution >= 4 is 20.6 Å². The summed E-state index contributed by atoms with van der Waals surface area (Å²) in [6.07, 6.45) is 4.45. The predicted octanol–water partition coefficient (Wildman–Crippen LogP) is 3.41. The van der Waals surface area contributed by atoms with Gasteiger partial charge in [0, 0.05) is 24.3 Å². The average Bonchev–Trinajstić information content (AvgIpc) is 2.54. The molecule has 0 amide bonds. The predicted molar refractivity (Wildman–Crippen MR) is 94.4 cm³/mol. The van der Waals surface area contributed by atoms with Gasteiger partial charge in [0.2, 0.25) is 0 Å². The summed E-state index contributed by atoms with van der Waals surface area (Å²) in [5.74, 6) is 0.192. The van der Waals surface area contributed by atoms with Crippen molar-refractivity contribution in [2.75, 3.05) is 12.0 Å². The summed E-state index contributed by atoms with van der Waals surface area (Å²) in [6.45, 7) is 0. The highest BCUT2D eigenvalue weighted by Crippen LogP contribution is 2.19. The monoisotopic (exact) mass is 325 g/mol. The maximum Gasteiger partial charge on any atom is 0.147 e. The van der Waals surface area contributed by atoms with Gasteiger partial charge in [0.05, 0.1) is 11.4 Å². The number of nitrogens with zero attached hydrogens (tertiary/aromatic N) is 1. The Kier molecular flexibility index (Phi) is 4.44. The van der Waals surface area contributed by atoms with Crippen molar-refractivity contribution in [3.8, 4) is 0 Å². The zero-order valence-corrected chi connectivity index (χ0v) is 13.9. The lowest BCUT2D eigenvalue weighted by molar-refractivity contribution is 0.601. The van der Waals surface area contributed by atoms with E-state index in [1.54, 1.807) is 0 Å². The smallest absolute Gasteiger partial charge is 0.147 e. The molecule has 23 heavy (non-hydrogen) atoms. The third-order valence-electron chi connectivity index (χ3n) is 3.91. The number of benzene rings is 2. The first-order chi connectivity index (χ1) is 11.0. The van der Waals surface area contributed by atoms with Gasteiger partial charge < -0.3 is 0 Å². The molecule has 0 saturated heterocycles. The van der Waals surface area contributed by atoms with Crippen LogP contribution in [0.4, 0.5) is 0 Å². The fraction of sp³-hybridized carbons (Fsp3) is 0.211. The van der Waals surface area contributed by atoms with Crippen molar-refractivity contribution in [3.63, 3.8) is 0 Å². The molecule has 0 unspecified atom stereocenters. The molecule has 0 aliphatic heterocycles.